The summed E-state index contributed by atoms with van der Waals surface area (Å²) in [6, 6.07) is 0. The van der Waals surface area contributed by atoms with Gasteiger partial charge in [0.25, 0.3) is 0 Å². The highest BCUT2D eigenvalue weighted by atomic mass is 16.6. The van der Waals surface area contributed by atoms with E-state index in [4.69, 9.17) is 18.9 Å². The van der Waals surface area contributed by atoms with E-state index >= 15 is 0 Å². The van der Waals surface area contributed by atoms with Crippen molar-refractivity contribution in [2.45, 2.75) is 58.3 Å². The van der Waals surface area contributed by atoms with Gasteiger partial charge >= 0.3 is 0 Å². The summed E-state index contributed by atoms with van der Waals surface area (Å²) in [5, 5.41) is 0. The van der Waals surface area contributed by atoms with E-state index < -0.39 is 0 Å². The highest BCUT2D eigenvalue weighted by Gasteiger charge is 1.94. The molecule has 0 unspecified atom stereocenters. The van der Waals surface area contributed by atoms with Crippen LogP contribution in [0.4, 0.5) is 0 Å². The highest BCUT2D eigenvalue weighted by Crippen LogP contribution is 2.08. The lowest BCUT2D eigenvalue weighted by Gasteiger charge is -2.07. The Labute approximate surface area is 143 Å². The van der Waals surface area contributed by atoms with Gasteiger partial charge in [-0.25, -0.2) is 0 Å². The summed E-state index contributed by atoms with van der Waals surface area (Å²) in [6.07, 6.45) is 12.4. The first-order valence-electron chi connectivity index (χ1n) is 9.33. The molecule has 0 bridgehead atoms. The second kappa shape index (κ2) is 21.6. The molecule has 0 spiro atoms. The van der Waals surface area contributed by atoms with Crippen LogP contribution in [0.15, 0.2) is 12.7 Å². The van der Waals surface area contributed by atoms with Crippen molar-refractivity contribution in [1.29, 1.82) is 0 Å². The van der Waals surface area contributed by atoms with Crippen molar-refractivity contribution in [2.24, 2.45) is 0 Å². The van der Waals surface area contributed by atoms with Gasteiger partial charge in [-0.1, -0.05) is 57.9 Å². The molecule has 0 aromatic carbocycles. The van der Waals surface area contributed by atoms with E-state index in [9.17, 15) is 0 Å². The number of hydrogen-bond acceptors (Lipinski definition) is 4. The molecule has 0 atom stereocenters. The fourth-order valence-corrected chi connectivity index (χ4v) is 2.16. The lowest BCUT2D eigenvalue weighted by atomic mass is 10.1. The molecule has 23 heavy (non-hydrogen) atoms. The smallest absolute Gasteiger partial charge is 0.0704 e. The van der Waals surface area contributed by atoms with Crippen LogP contribution in [-0.2, 0) is 18.9 Å². The number of ether oxygens (including phenoxy) is 4. The third-order valence-corrected chi connectivity index (χ3v) is 3.49. The van der Waals surface area contributed by atoms with Gasteiger partial charge in [0.2, 0.25) is 0 Å². The van der Waals surface area contributed by atoms with Crippen LogP contribution >= 0.6 is 0 Å². The summed E-state index contributed by atoms with van der Waals surface area (Å²) in [5.41, 5.74) is 0. The SMILES string of the molecule is C=CCOCCOCCOCCOCCCCCCCCCC. The van der Waals surface area contributed by atoms with Crippen LogP contribution in [0.3, 0.4) is 0 Å². The van der Waals surface area contributed by atoms with Gasteiger partial charge in [0.05, 0.1) is 46.2 Å². The van der Waals surface area contributed by atoms with Gasteiger partial charge in [-0.2, -0.15) is 0 Å². The molecule has 4 heteroatoms. The minimum Gasteiger partial charge on any atom is -0.379 e. The summed E-state index contributed by atoms with van der Waals surface area (Å²) in [7, 11) is 0. The van der Waals surface area contributed by atoms with Crippen molar-refractivity contribution in [2.75, 3.05) is 52.9 Å². The first kappa shape index (κ1) is 22.6. The molecular formula is C19H38O4. The van der Waals surface area contributed by atoms with E-state index in [1.54, 1.807) is 6.08 Å². The maximum atomic E-state index is 5.56. The van der Waals surface area contributed by atoms with Gasteiger partial charge in [0.15, 0.2) is 0 Å². The first-order valence-corrected chi connectivity index (χ1v) is 9.33. The van der Waals surface area contributed by atoms with Gasteiger partial charge < -0.3 is 18.9 Å². The Bertz CT molecular complexity index is 221. The molecular weight excluding hydrogens is 292 g/mol. The molecule has 0 aromatic rings. The van der Waals surface area contributed by atoms with E-state index in [1.165, 1.54) is 51.4 Å². The standard InChI is InChI=1S/C19H38O4/c1-3-5-6-7-8-9-10-11-13-21-15-17-23-19-18-22-16-14-20-12-4-2/h4H,2-3,5-19H2,1H3. The van der Waals surface area contributed by atoms with Gasteiger partial charge in [-0.05, 0) is 6.42 Å². The van der Waals surface area contributed by atoms with Crippen molar-refractivity contribution < 1.29 is 18.9 Å². The maximum Gasteiger partial charge on any atom is 0.0704 e. The molecule has 0 aliphatic carbocycles. The van der Waals surface area contributed by atoms with Crippen molar-refractivity contribution in [1.82, 2.24) is 0 Å². The summed E-state index contributed by atoms with van der Waals surface area (Å²) in [5.74, 6) is 0. The van der Waals surface area contributed by atoms with Crippen LogP contribution in [0.1, 0.15) is 58.3 Å². The van der Waals surface area contributed by atoms with Gasteiger partial charge in [0, 0.05) is 6.61 Å². The van der Waals surface area contributed by atoms with Crippen molar-refractivity contribution in [3.8, 4) is 0 Å². The largest absolute Gasteiger partial charge is 0.379 e. The summed E-state index contributed by atoms with van der Waals surface area (Å²) < 4.78 is 21.6. The zero-order valence-electron chi connectivity index (χ0n) is 15.2. The number of unbranched alkanes of at least 4 members (excludes halogenated alkanes) is 7. The average Bonchev–Trinajstić information content (AvgIpc) is 2.57. The number of hydrogen-bond donors (Lipinski definition) is 0. The predicted octanol–water partition coefficient (Wildman–Crippen LogP) is 4.38. The highest BCUT2D eigenvalue weighted by molar-refractivity contribution is 4.63. The molecule has 0 aromatic heterocycles. The summed E-state index contributed by atoms with van der Waals surface area (Å²) in [6.45, 7) is 11.0. The van der Waals surface area contributed by atoms with Gasteiger partial charge in [0.1, 0.15) is 0 Å². The van der Waals surface area contributed by atoms with E-state index in [1.807, 2.05) is 0 Å². The second-order valence-electron chi connectivity index (χ2n) is 5.68. The van der Waals surface area contributed by atoms with Crippen molar-refractivity contribution in [3.63, 3.8) is 0 Å². The molecule has 138 valence electrons. The molecule has 0 saturated carbocycles. The third kappa shape index (κ3) is 21.6. The quantitative estimate of drug-likeness (QED) is 0.245. The lowest BCUT2D eigenvalue weighted by molar-refractivity contribution is 0.000527. The molecule has 4 nitrogen and oxygen atoms in total. The zero-order chi connectivity index (χ0) is 16.8. The molecule has 0 heterocycles. The fraction of sp³-hybridized carbons (Fsp3) is 0.895. The Morgan fingerprint density at radius 1 is 0.565 bits per heavy atom. The Hall–Kier alpha value is -0.420. The minimum absolute atomic E-state index is 0.579. The van der Waals surface area contributed by atoms with Crippen LogP contribution in [0, 0.1) is 0 Å². The van der Waals surface area contributed by atoms with Gasteiger partial charge in [-0.15, -0.1) is 6.58 Å². The van der Waals surface area contributed by atoms with Crippen LogP contribution in [-0.4, -0.2) is 52.9 Å². The molecule has 0 amide bonds. The van der Waals surface area contributed by atoms with E-state index in [-0.39, 0.29) is 0 Å². The van der Waals surface area contributed by atoms with E-state index in [0.717, 1.165) is 6.61 Å². The van der Waals surface area contributed by atoms with Crippen molar-refractivity contribution >= 4 is 0 Å². The Morgan fingerprint density at radius 2 is 1.00 bits per heavy atom. The van der Waals surface area contributed by atoms with Crippen LogP contribution in [0.25, 0.3) is 0 Å². The minimum atomic E-state index is 0.579. The molecule has 0 N–H and O–H groups in total. The van der Waals surface area contributed by atoms with E-state index in [0.29, 0.717) is 46.2 Å². The summed E-state index contributed by atoms with van der Waals surface area (Å²) >= 11 is 0. The fourth-order valence-electron chi connectivity index (χ4n) is 2.16. The first-order chi connectivity index (χ1) is 11.4. The molecule has 0 radical (unpaired) electrons. The Morgan fingerprint density at radius 3 is 1.52 bits per heavy atom. The molecule has 0 rings (SSSR count). The predicted molar refractivity (Wildman–Crippen MR) is 96.1 cm³/mol. The van der Waals surface area contributed by atoms with E-state index in [2.05, 4.69) is 13.5 Å². The average molecular weight is 331 g/mol. The van der Waals surface area contributed by atoms with Crippen LogP contribution in [0.2, 0.25) is 0 Å². The summed E-state index contributed by atoms with van der Waals surface area (Å²) in [4.78, 5) is 0. The second-order valence-corrected chi connectivity index (χ2v) is 5.68. The molecule has 0 fully saturated rings. The normalized spacial score (nSPS) is 11.0. The molecule has 0 aliphatic rings. The van der Waals surface area contributed by atoms with Crippen molar-refractivity contribution in [3.05, 3.63) is 12.7 Å². The van der Waals surface area contributed by atoms with Gasteiger partial charge in [-0.3, -0.25) is 0 Å². The Kier molecular flexibility index (Phi) is 21.2. The lowest BCUT2D eigenvalue weighted by Crippen LogP contribution is -2.12. The van der Waals surface area contributed by atoms with Crippen LogP contribution in [0.5, 0.6) is 0 Å². The monoisotopic (exact) mass is 330 g/mol. The topological polar surface area (TPSA) is 36.9 Å². The maximum absolute atomic E-state index is 5.56. The Balaban J connectivity index is 2.93. The third-order valence-electron chi connectivity index (χ3n) is 3.49. The molecule has 0 aliphatic heterocycles. The zero-order valence-corrected chi connectivity index (χ0v) is 15.2. The number of rotatable bonds is 20. The molecule has 0 saturated heterocycles. The van der Waals surface area contributed by atoms with Crippen LogP contribution < -0.4 is 0 Å².